The molecule has 4 nitrogen and oxygen atoms in total. The monoisotopic (exact) mass is 344 g/mol. The number of Topliss-reactive ketones (excluding diaryl/α,β-unsaturated/α-hetero) is 1. The quantitative estimate of drug-likeness (QED) is 0.724. The van der Waals surface area contributed by atoms with Crippen LogP contribution in [0.2, 0.25) is 0 Å². The molecule has 0 amide bonds. The van der Waals surface area contributed by atoms with E-state index >= 15 is 0 Å². The lowest BCUT2D eigenvalue weighted by atomic mass is 9.91. The molecular weight excluding hydrogens is 327 g/mol. The van der Waals surface area contributed by atoms with Gasteiger partial charge in [-0.05, 0) is 17.7 Å². The van der Waals surface area contributed by atoms with Gasteiger partial charge in [0, 0.05) is 16.4 Å². The maximum absolute atomic E-state index is 13.1. The highest BCUT2D eigenvalue weighted by Crippen LogP contribution is 2.30. The van der Waals surface area contributed by atoms with E-state index in [-0.39, 0.29) is 23.7 Å². The number of carbonyl (C=O) groups is 1. The minimum absolute atomic E-state index is 0.00994. The summed E-state index contributed by atoms with van der Waals surface area (Å²) in [6, 6.07) is 5.98. The van der Waals surface area contributed by atoms with Crippen LogP contribution in [0.15, 0.2) is 40.8 Å². The lowest BCUT2D eigenvalue weighted by molar-refractivity contribution is -0.126. The Morgan fingerprint density at radius 1 is 1.25 bits per heavy atom. The molecule has 0 unspecified atom stereocenters. The van der Waals surface area contributed by atoms with Crippen LogP contribution in [0.5, 0.6) is 0 Å². The molecule has 0 spiro atoms. The molecule has 24 heavy (non-hydrogen) atoms. The number of hydrogen-bond acceptors (Lipinski definition) is 4. The van der Waals surface area contributed by atoms with Gasteiger partial charge in [-0.1, -0.05) is 32.9 Å². The van der Waals surface area contributed by atoms with Gasteiger partial charge in [-0.2, -0.15) is 0 Å². The van der Waals surface area contributed by atoms with Gasteiger partial charge in [-0.15, -0.1) is 11.3 Å². The molecule has 0 atom stereocenters. The number of aromatic nitrogens is 2. The highest BCUT2D eigenvalue weighted by atomic mass is 32.1. The third-order valence-corrected chi connectivity index (χ3v) is 4.75. The lowest BCUT2D eigenvalue weighted by Crippen LogP contribution is -2.30. The van der Waals surface area contributed by atoms with Crippen LogP contribution < -0.4 is 5.56 Å². The van der Waals surface area contributed by atoms with E-state index in [0.29, 0.717) is 15.8 Å². The Balaban J connectivity index is 2.11. The molecule has 0 saturated heterocycles. The van der Waals surface area contributed by atoms with E-state index in [1.165, 1.54) is 34.4 Å². The maximum atomic E-state index is 13.1. The third-order valence-electron chi connectivity index (χ3n) is 3.87. The summed E-state index contributed by atoms with van der Waals surface area (Å²) < 4.78 is 14.5. The molecule has 0 fully saturated rings. The van der Waals surface area contributed by atoms with Gasteiger partial charge in [-0.3, -0.25) is 14.2 Å². The van der Waals surface area contributed by atoms with Gasteiger partial charge in [0.15, 0.2) is 5.78 Å². The number of halogens is 1. The zero-order chi connectivity index (χ0) is 17.5. The van der Waals surface area contributed by atoms with Gasteiger partial charge >= 0.3 is 0 Å². The van der Waals surface area contributed by atoms with Crippen LogP contribution in [-0.2, 0) is 11.3 Å². The van der Waals surface area contributed by atoms with E-state index in [4.69, 9.17) is 0 Å². The SMILES string of the molecule is CC(C)(C)C(=O)Cn1cnc2scc(-c3ccc(F)cc3)c2c1=O. The molecular formula is C18H17FN2O2S. The molecule has 6 heteroatoms. The number of rotatable bonds is 3. The lowest BCUT2D eigenvalue weighted by Gasteiger charge is -2.17. The van der Waals surface area contributed by atoms with Gasteiger partial charge in [0.1, 0.15) is 10.6 Å². The summed E-state index contributed by atoms with van der Waals surface area (Å²) in [5, 5.41) is 2.30. The molecule has 2 heterocycles. The van der Waals surface area contributed by atoms with Crippen molar-refractivity contribution >= 4 is 27.3 Å². The molecule has 1 aromatic carbocycles. The van der Waals surface area contributed by atoms with Crippen molar-refractivity contribution in [2.45, 2.75) is 27.3 Å². The van der Waals surface area contributed by atoms with E-state index in [1.807, 2.05) is 26.2 Å². The zero-order valence-corrected chi connectivity index (χ0v) is 14.5. The normalized spacial score (nSPS) is 11.8. The average molecular weight is 344 g/mol. The summed E-state index contributed by atoms with van der Waals surface area (Å²) in [6.45, 7) is 5.45. The average Bonchev–Trinajstić information content (AvgIpc) is 2.94. The van der Waals surface area contributed by atoms with Crippen molar-refractivity contribution in [2.24, 2.45) is 5.41 Å². The summed E-state index contributed by atoms with van der Waals surface area (Å²) in [5.74, 6) is -0.367. The van der Waals surface area contributed by atoms with Gasteiger partial charge in [-0.25, -0.2) is 9.37 Å². The van der Waals surface area contributed by atoms with Crippen molar-refractivity contribution in [2.75, 3.05) is 0 Å². The van der Waals surface area contributed by atoms with E-state index < -0.39 is 5.41 Å². The van der Waals surface area contributed by atoms with E-state index in [1.54, 1.807) is 12.1 Å². The Kier molecular flexibility index (Phi) is 4.09. The highest BCUT2D eigenvalue weighted by molar-refractivity contribution is 7.17. The molecule has 0 bridgehead atoms. The second-order valence-electron chi connectivity index (χ2n) is 6.69. The fourth-order valence-electron chi connectivity index (χ4n) is 2.31. The minimum Gasteiger partial charge on any atom is -0.297 e. The van der Waals surface area contributed by atoms with Crippen LogP contribution in [0.3, 0.4) is 0 Å². The van der Waals surface area contributed by atoms with Crippen molar-refractivity contribution < 1.29 is 9.18 Å². The third kappa shape index (κ3) is 3.01. The van der Waals surface area contributed by atoms with E-state index in [2.05, 4.69) is 4.98 Å². The first kappa shape index (κ1) is 16.5. The Morgan fingerprint density at radius 3 is 2.54 bits per heavy atom. The van der Waals surface area contributed by atoms with Gasteiger partial charge in [0.05, 0.1) is 18.3 Å². The van der Waals surface area contributed by atoms with Gasteiger partial charge < -0.3 is 0 Å². The Morgan fingerprint density at radius 2 is 1.92 bits per heavy atom. The molecule has 0 aliphatic heterocycles. The van der Waals surface area contributed by atoms with Crippen molar-refractivity contribution in [1.82, 2.24) is 9.55 Å². The number of fused-ring (bicyclic) bond motifs is 1. The van der Waals surface area contributed by atoms with Crippen LogP contribution in [0, 0.1) is 11.2 Å². The van der Waals surface area contributed by atoms with Crippen LogP contribution >= 0.6 is 11.3 Å². The maximum Gasteiger partial charge on any atom is 0.263 e. The molecule has 0 aliphatic rings. The van der Waals surface area contributed by atoms with E-state index in [9.17, 15) is 14.0 Å². The molecule has 124 valence electrons. The first-order valence-corrected chi connectivity index (χ1v) is 8.41. The second-order valence-corrected chi connectivity index (χ2v) is 7.55. The van der Waals surface area contributed by atoms with Crippen molar-refractivity contribution in [3.63, 3.8) is 0 Å². The molecule has 2 aromatic heterocycles. The summed E-state index contributed by atoms with van der Waals surface area (Å²) in [6.07, 6.45) is 1.42. The number of nitrogens with zero attached hydrogens (tertiary/aromatic N) is 2. The van der Waals surface area contributed by atoms with Crippen LogP contribution in [0.25, 0.3) is 21.3 Å². The van der Waals surface area contributed by atoms with Crippen molar-refractivity contribution in [3.05, 3.63) is 52.1 Å². The second kappa shape index (κ2) is 5.94. The fraction of sp³-hybridized carbons (Fsp3) is 0.278. The summed E-state index contributed by atoms with van der Waals surface area (Å²) >= 11 is 1.36. The van der Waals surface area contributed by atoms with Crippen LogP contribution in [0.4, 0.5) is 4.39 Å². The Hall–Kier alpha value is -2.34. The molecule has 0 radical (unpaired) electrons. The Bertz CT molecular complexity index is 965. The largest absolute Gasteiger partial charge is 0.297 e. The van der Waals surface area contributed by atoms with Crippen molar-refractivity contribution in [1.29, 1.82) is 0 Å². The van der Waals surface area contributed by atoms with Gasteiger partial charge in [0.2, 0.25) is 0 Å². The summed E-state index contributed by atoms with van der Waals surface area (Å²) in [5.41, 5.74) is 0.688. The first-order chi connectivity index (χ1) is 11.3. The smallest absolute Gasteiger partial charge is 0.263 e. The van der Waals surface area contributed by atoms with Crippen molar-refractivity contribution in [3.8, 4) is 11.1 Å². The summed E-state index contributed by atoms with van der Waals surface area (Å²) in [7, 11) is 0. The van der Waals surface area contributed by atoms with Gasteiger partial charge in [0.25, 0.3) is 5.56 Å². The van der Waals surface area contributed by atoms with Crippen LogP contribution in [-0.4, -0.2) is 15.3 Å². The molecule has 3 aromatic rings. The zero-order valence-electron chi connectivity index (χ0n) is 13.7. The minimum atomic E-state index is -0.525. The predicted octanol–water partition coefficient (Wildman–Crippen LogP) is 3.88. The predicted molar refractivity (Wildman–Crippen MR) is 93.7 cm³/mol. The Labute approximate surface area is 142 Å². The standard InChI is InChI=1S/C18H17FN2O2S/c1-18(2,3)14(22)8-21-10-20-16-15(17(21)23)13(9-24-16)11-4-6-12(19)7-5-11/h4-7,9-10H,8H2,1-3H3. The first-order valence-electron chi connectivity index (χ1n) is 7.53. The number of hydrogen-bond donors (Lipinski definition) is 0. The number of carbonyl (C=O) groups excluding carboxylic acids is 1. The number of thiophene rings is 1. The fourth-order valence-corrected chi connectivity index (χ4v) is 3.22. The topological polar surface area (TPSA) is 52.0 Å². The molecule has 0 saturated carbocycles. The highest BCUT2D eigenvalue weighted by Gasteiger charge is 2.22. The molecule has 3 rings (SSSR count). The van der Waals surface area contributed by atoms with E-state index in [0.717, 1.165) is 5.56 Å². The summed E-state index contributed by atoms with van der Waals surface area (Å²) in [4.78, 5) is 29.9. The number of ketones is 1. The molecule has 0 aliphatic carbocycles. The molecule has 0 N–H and O–H groups in total. The number of benzene rings is 1. The van der Waals surface area contributed by atoms with Crippen LogP contribution in [0.1, 0.15) is 20.8 Å².